The van der Waals surface area contributed by atoms with Crippen LogP contribution in [0.3, 0.4) is 0 Å². The number of hydrogen-bond donors (Lipinski definition) is 0. The lowest BCUT2D eigenvalue weighted by atomic mass is 9.67. The van der Waals surface area contributed by atoms with Crippen molar-refractivity contribution in [2.24, 2.45) is 5.41 Å². The van der Waals surface area contributed by atoms with Crippen LogP contribution < -0.4 is 0 Å². The van der Waals surface area contributed by atoms with Gasteiger partial charge in [0.2, 0.25) is 5.91 Å². The van der Waals surface area contributed by atoms with Crippen molar-refractivity contribution in [3.63, 3.8) is 0 Å². The minimum atomic E-state index is -0.908. The molecule has 1 fully saturated rings. The van der Waals surface area contributed by atoms with E-state index in [0.717, 1.165) is 29.1 Å². The van der Waals surface area contributed by atoms with Crippen LogP contribution in [0.2, 0.25) is 10.0 Å². The van der Waals surface area contributed by atoms with Crippen LogP contribution in [-0.2, 0) is 20.1 Å². The number of rotatable bonds is 10. The maximum Gasteiger partial charge on any atom is 0.306 e. The average molecular weight is 585 g/mol. The lowest BCUT2D eigenvalue weighted by Gasteiger charge is -2.51. The number of hydrogen-bond acceptors (Lipinski definition) is 4. The molecule has 1 amide bonds. The first-order valence-corrected chi connectivity index (χ1v) is 15.1. The maximum absolute atomic E-state index is 14.3. The molecule has 0 N–H and O–H groups in total. The first kappa shape index (κ1) is 29.5. The molecular weight excluding hydrogens is 549 g/mol. The summed E-state index contributed by atoms with van der Waals surface area (Å²) in [6.45, 7) is 4.01. The Morgan fingerprint density at radius 2 is 1.74 bits per heavy atom. The number of halogens is 2. The van der Waals surface area contributed by atoms with Crippen molar-refractivity contribution in [1.29, 1.82) is 0 Å². The topological polar surface area (TPSA) is 46.6 Å². The molecular formula is C32H35Cl2NO3S. The summed E-state index contributed by atoms with van der Waals surface area (Å²) < 4.78 is 5.02. The van der Waals surface area contributed by atoms with Gasteiger partial charge in [0.05, 0.1) is 25.0 Å². The second kappa shape index (κ2) is 13.3. The van der Waals surface area contributed by atoms with E-state index >= 15 is 0 Å². The number of carbonyl (C=O) groups excluding carboxylic acids is 2. The van der Waals surface area contributed by atoms with Crippen molar-refractivity contribution in [2.45, 2.75) is 56.9 Å². The second-order valence-corrected chi connectivity index (χ2v) is 12.5. The summed E-state index contributed by atoms with van der Waals surface area (Å²) in [5.74, 6) is 1.35. The van der Waals surface area contributed by atoms with Gasteiger partial charge in [-0.25, -0.2) is 0 Å². The highest BCUT2D eigenvalue weighted by molar-refractivity contribution is 7.98. The highest BCUT2D eigenvalue weighted by atomic mass is 35.5. The lowest BCUT2D eigenvalue weighted by Crippen LogP contribution is -2.55. The summed E-state index contributed by atoms with van der Waals surface area (Å²) in [5, 5.41) is 1.29. The molecule has 4 atom stereocenters. The van der Waals surface area contributed by atoms with E-state index in [1.54, 1.807) is 0 Å². The number of ether oxygens (including phenoxy) is 1. The van der Waals surface area contributed by atoms with Gasteiger partial charge in [0.15, 0.2) is 0 Å². The van der Waals surface area contributed by atoms with Gasteiger partial charge < -0.3 is 9.64 Å². The van der Waals surface area contributed by atoms with E-state index in [1.165, 1.54) is 12.7 Å². The molecule has 0 aromatic heterocycles. The van der Waals surface area contributed by atoms with E-state index in [-0.39, 0.29) is 36.3 Å². The molecule has 0 aliphatic carbocycles. The van der Waals surface area contributed by atoms with Gasteiger partial charge in [0.25, 0.3) is 0 Å². The summed E-state index contributed by atoms with van der Waals surface area (Å²) in [6.07, 6.45) is 1.35. The lowest BCUT2D eigenvalue weighted by molar-refractivity contribution is -0.161. The van der Waals surface area contributed by atoms with Crippen molar-refractivity contribution < 1.29 is 14.3 Å². The molecule has 1 saturated heterocycles. The van der Waals surface area contributed by atoms with Crippen LogP contribution in [0, 0.1) is 5.41 Å². The SMILES string of the molecule is COC(=O)CC1(C)CC(c2cccc(Cl)c2)C(c2ccc(Cl)cc2)N([C@@H](C)CCSCc2ccccc2)C1=O. The van der Waals surface area contributed by atoms with Crippen LogP contribution in [0.15, 0.2) is 78.9 Å². The zero-order valence-electron chi connectivity index (χ0n) is 22.6. The van der Waals surface area contributed by atoms with Crippen molar-refractivity contribution in [3.8, 4) is 0 Å². The molecule has 3 aromatic rings. The zero-order valence-corrected chi connectivity index (χ0v) is 24.9. The Bertz CT molecular complexity index is 1270. The van der Waals surface area contributed by atoms with Crippen LogP contribution in [0.5, 0.6) is 0 Å². The fourth-order valence-electron chi connectivity index (χ4n) is 5.58. The van der Waals surface area contributed by atoms with Crippen LogP contribution in [0.1, 0.15) is 61.8 Å². The summed E-state index contributed by atoms with van der Waals surface area (Å²) in [4.78, 5) is 28.9. The molecule has 1 heterocycles. The molecule has 0 bridgehead atoms. The number of benzene rings is 3. The third kappa shape index (κ3) is 7.19. The first-order valence-electron chi connectivity index (χ1n) is 13.2. The average Bonchev–Trinajstić information content (AvgIpc) is 2.93. The maximum atomic E-state index is 14.3. The molecule has 7 heteroatoms. The van der Waals surface area contributed by atoms with Gasteiger partial charge in [-0.1, -0.05) is 84.7 Å². The Morgan fingerprint density at radius 1 is 1.03 bits per heavy atom. The van der Waals surface area contributed by atoms with Gasteiger partial charge in [0.1, 0.15) is 0 Å². The van der Waals surface area contributed by atoms with E-state index in [2.05, 4.69) is 37.3 Å². The predicted octanol–water partition coefficient (Wildman–Crippen LogP) is 8.33. The Kier molecular flexibility index (Phi) is 10.0. The predicted molar refractivity (Wildman–Crippen MR) is 161 cm³/mol. The van der Waals surface area contributed by atoms with Crippen molar-refractivity contribution in [3.05, 3.63) is 106 Å². The van der Waals surface area contributed by atoms with Crippen molar-refractivity contribution >= 4 is 46.8 Å². The Balaban J connectivity index is 1.69. The molecule has 3 aromatic carbocycles. The van der Waals surface area contributed by atoms with Crippen LogP contribution in [0.25, 0.3) is 0 Å². The summed E-state index contributed by atoms with van der Waals surface area (Å²) >= 11 is 14.6. The van der Waals surface area contributed by atoms with Crippen LogP contribution >= 0.6 is 35.0 Å². The monoisotopic (exact) mass is 583 g/mol. The van der Waals surface area contributed by atoms with E-state index in [9.17, 15) is 9.59 Å². The Hall–Kier alpha value is -2.47. The highest BCUT2D eigenvalue weighted by Crippen LogP contribution is 2.52. The van der Waals surface area contributed by atoms with Gasteiger partial charge in [-0.05, 0) is 66.5 Å². The van der Waals surface area contributed by atoms with Crippen molar-refractivity contribution in [2.75, 3.05) is 12.9 Å². The van der Waals surface area contributed by atoms with Crippen LogP contribution in [-0.4, -0.2) is 35.7 Å². The van der Waals surface area contributed by atoms with Gasteiger partial charge >= 0.3 is 5.97 Å². The standard InChI is InChI=1S/C32H35Cl2NO3S/c1-22(16-17-39-21-23-8-5-4-6-9-23)35-30(24-12-14-26(33)15-13-24)28(25-10-7-11-27(34)18-25)19-32(2,31(35)37)20-29(36)38-3/h4-15,18,22,28,30H,16-17,19-21H2,1-3H3/t22-,28?,30?,32?/m0/s1. The summed E-state index contributed by atoms with van der Waals surface area (Å²) in [7, 11) is 1.37. The Labute approximate surface area is 246 Å². The number of thioether (sulfide) groups is 1. The third-order valence-corrected chi connectivity index (χ3v) is 9.17. The first-order chi connectivity index (χ1) is 18.7. The molecule has 0 spiro atoms. The number of likely N-dealkylation sites (tertiary alicyclic amines) is 1. The van der Waals surface area contributed by atoms with Crippen LogP contribution in [0.4, 0.5) is 0 Å². The molecule has 0 saturated carbocycles. The van der Waals surface area contributed by atoms with Gasteiger partial charge in [-0.2, -0.15) is 11.8 Å². The van der Waals surface area contributed by atoms with Gasteiger partial charge in [-0.15, -0.1) is 0 Å². The number of methoxy groups -OCH3 is 1. The molecule has 1 aliphatic heterocycles. The quantitative estimate of drug-likeness (QED) is 0.178. The third-order valence-electron chi connectivity index (χ3n) is 7.62. The largest absolute Gasteiger partial charge is 0.469 e. The molecule has 206 valence electrons. The molecule has 0 radical (unpaired) electrons. The number of piperidine rings is 1. The van der Waals surface area contributed by atoms with Gasteiger partial charge in [-0.3, -0.25) is 9.59 Å². The summed E-state index contributed by atoms with van der Waals surface area (Å²) in [6, 6.07) is 25.7. The van der Waals surface area contributed by atoms with E-state index < -0.39 is 5.41 Å². The fourth-order valence-corrected chi connectivity index (χ4v) is 6.98. The fraction of sp³-hybridized carbons (Fsp3) is 0.375. The normalized spacial score (nSPS) is 22.0. The highest BCUT2D eigenvalue weighted by Gasteiger charge is 2.51. The number of nitrogens with zero attached hydrogens (tertiary/aromatic N) is 1. The molecule has 3 unspecified atom stereocenters. The zero-order chi connectivity index (χ0) is 28.0. The van der Waals surface area contributed by atoms with Crippen molar-refractivity contribution in [1.82, 2.24) is 4.90 Å². The number of amides is 1. The van der Waals surface area contributed by atoms with E-state index in [0.29, 0.717) is 16.5 Å². The molecule has 1 aliphatic rings. The minimum Gasteiger partial charge on any atom is -0.469 e. The summed E-state index contributed by atoms with van der Waals surface area (Å²) in [5.41, 5.74) is 2.44. The number of esters is 1. The number of carbonyl (C=O) groups is 2. The van der Waals surface area contributed by atoms with E-state index in [4.69, 9.17) is 27.9 Å². The molecule has 4 rings (SSSR count). The molecule has 4 nitrogen and oxygen atoms in total. The molecule has 39 heavy (non-hydrogen) atoms. The smallest absolute Gasteiger partial charge is 0.306 e. The minimum absolute atomic E-state index is 0.0216. The van der Waals surface area contributed by atoms with E-state index in [1.807, 2.05) is 72.1 Å². The van der Waals surface area contributed by atoms with Gasteiger partial charge in [0, 0.05) is 27.8 Å². The second-order valence-electron chi connectivity index (χ2n) is 10.6. The Morgan fingerprint density at radius 3 is 2.41 bits per heavy atom.